The first kappa shape index (κ1) is 37.9. The van der Waals surface area contributed by atoms with Gasteiger partial charge in [0.25, 0.3) is 11.8 Å². The largest absolute Gasteiger partial charge is 0.390 e. The van der Waals surface area contributed by atoms with Crippen LogP contribution in [0.2, 0.25) is 0 Å². The van der Waals surface area contributed by atoms with E-state index in [1.165, 1.54) is 12.1 Å². The topological polar surface area (TPSA) is 102 Å². The summed E-state index contributed by atoms with van der Waals surface area (Å²) in [4.78, 5) is 41.7. The van der Waals surface area contributed by atoms with Gasteiger partial charge in [0.15, 0.2) is 0 Å². The molecule has 256 valence electrons. The molecule has 2 atom stereocenters. The van der Waals surface area contributed by atoms with Crippen molar-refractivity contribution in [3.8, 4) is 12.3 Å². The highest BCUT2D eigenvalue weighted by atomic mass is 19.1. The normalized spacial score (nSPS) is 12.2. The van der Waals surface area contributed by atoms with Crippen LogP contribution in [0.25, 0.3) is 0 Å². The maximum atomic E-state index is 14.2. The molecule has 0 radical (unpaired) electrons. The van der Waals surface area contributed by atoms with Gasteiger partial charge in [-0.15, -0.1) is 6.42 Å². The van der Waals surface area contributed by atoms with Gasteiger partial charge in [0.1, 0.15) is 11.6 Å². The molecule has 3 aromatic carbocycles. The number of hydrogen-bond acceptors (Lipinski definition) is 5. The minimum atomic E-state index is -1.28. The molecular weight excluding hydrogens is 614 g/mol. The molecule has 0 aliphatic heterocycles. The second-order valence-electron chi connectivity index (χ2n) is 11.9. The number of amides is 3. The average Bonchev–Trinajstić information content (AvgIpc) is 3.06. The van der Waals surface area contributed by atoms with Gasteiger partial charge in [-0.2, -0.15) is 0 Å². The first-order valence-electron chi connectivity index (χ1n) is 16.5. The molecule has 0 heterocycles. The Morgan fingerprint density at radius 2 is 1.50 bits per heavy atom. The Hall–Kier alpha value is -4.59. The zero-order valence-electron chi connectivity index (χ0n) is 28.0. The lowest BCUT2D eigenvalue weighted by molar-refractivity contribution is -0.126. The molecule has 0 aliphatic rings. The molecular formula is C38H46F2N4O4. The average molecular weight is 661 g/mol. The third kappa shape index (κ3) is 11.9. The van der Waals surface area contributed by atoms with Crippen molar-refractivity contribution in [2.45, 2.75) is 71.4 Å². The van der Waals surface area contributed by atoms with E-state index in [9.17, 15) is 28.3 Å². The summed E-state index contributed by atoms with van der Waals surface area (Å²) >= 11 is 0. The lowest BCUT2D eigenvalue weighted by Gasteiger charge is -2.30. The third-order valence-corrected chi connectivity index (χ3v) is 7.72. The summed E-state index contributed by atoms with van der Waals surface area (Å²) in [5.41, 5.74) is 4.58. The Balaban J connectivity index is 1.89. The summed E-state index contributed by atoms with van der Waals surface area (Å²) in [6.07, 6.45) is 7.47. The number of benzene rings is 3. The minimum Gasteiger partial charge on any atom is -0.390 e. The molecule has 10 heteroatoms. The zero-order valence-corrected chi connectivity index (χ0v) is 28.0. The molecule has 3 N–H and O–H groups in total. The lowest BCUT2D eigenvalue weighted by Crippen LogP contribution is -2.53. The smallest absolute Gasteiger partial charge is 0.253 e. The van der Waals surface area contributed by atoms with Crippen molar-refractivity contribution in [2.75, 3.05) is 26.2 Å². The van der Waals surface area contributed by atoms with Crippen LogP contribution in [0.5, 0.6) is 0 Å². The van der Waals surface area contributed by atoms with Crippen LogP contribution in [0.3, 0.4) is 0 Å². The van der Waals surface area contributed by atoms with Crippen molar-refractivity contribution < 1.29 is 28.3 Å². The van der Waals surface area contributed by atoms with Crippen molar-refractivity contribution in [1.82, 2.24) is 20.7 Å². The van der Waals surface area contributed by atoms with E-state index in [0.717, 1.165) is 43.0 Å². The second kappa shape index (κ2) is 19.3. The number of rotatable bonds is 18. The highest BCUT2D eigenvalue weighted by Crippen LogP contribution is 2.17. The predicted octanol–water partition coefficient (Wildman–Crippen LogP) is 5.29. The number of aliphatic hydroxyl groups excluding tert-OH is 1. The molecule has 0 aliphatic carbocycles. The van der Waals surface area contributed by atoms with Crippen LogP contribution in [-0.4, -0.2) is 71.1 Å². The summed E-state index contributed by atoms with van der Waals surface area (Å²) in [7, 11) is 0. The molecule has 0 bridgehead atoms. The van der Waals surface area contributed by atoms with E-state index >= 15 is 0 Å². The summed E-state index contributed by atoms with van der Waals surface area (Å²) in [5.74, 6) is -0.255. The summed E-state index contributed by atoms with van der Waals surface area (Å²) in [6, 6.07) is 15.7. The van der Waals surface area contributed by atoms with Crippen LogP contribution < -0.4 is 10.7 Å². The number of nitrogens with zero attached hydrogens (tertiary/aromatic N) is 2. The van der Waals surface area contributed by atoms with Crippen molar-refractivity contribution in [1.29, 1.82) is 0 Å². The van der Waals surface area contributed by atoms with Crippen molar-refractivity contribution in [3.05, 3.63) is 106 Å². The van der Waals surface area contributed by atoms with Gasteiger partial charge in [0, 0.05) is 48.9 Å². The molecule has 8 nitrogen and oxygen atoms in total. The van der Waals surface area contributed by atoms with E-state index < -0.39 is 29.7 Å². The molecule has 2 unspecified atom stereocenters. The molecule has 0 fully saturated rings. The number of terminal acetylenes is 1. The number of hydrazine groups is 1. The first-order valence-corrected chi connectivity index (χ1v) is 16.5. The van der Waals surface area contributed by atoms with Gasteiger partial charge >= 0.3 is 0 Å². The SMILES string of the molecule is C#Cc1cc(C(=O)NC(Cc2cc(F)cc(F)c2)C(O)CN(CCCC)NC(=O)Cc2ccccc2)cc(C(=O)N(CCC)CCC)c1. The maximum Gasteiger partial charge on any atom is 0.253 e. The van der Waals surface area contributed by atoms with Crippen molar-refractivity contribution in [3.63, 3.8) is 0 Å². The third-order valence-electron chi connectivity index (χ3n) is 7.72. The zero-order chi connectivity index (χ0) is 35.1. The molecule has 0 saturated heterocycles. The van der Waals surface area contributed by atoms with Crippen LogP contribution >= 0.6 is 0 Å². The van der Waals surface area contributed by atoms with E-state index in [2.05, 4.69) is 16.7 Å². The van der Waals surface area contributed by atoms with E-state index in [-0.39, 0.29) is 47.9 Å². The quantitative estimate of drug-likeness (QED) is 0.127. The van der Waals surface area contributed by atoms with E-state index in [1.54, 1.807) is 16.0 Å². The number of nitrogens with one attached hydrogen (secondary N) is 2. The Morgan fingerprint density at radius 3 is 2.10 bits per heavy atom. The van der Waals surface area contributed by atoms with E-state index in [4.69, 9.17) is 6.42 Å². The Bertz CT molecular complexity index is 1530. The lowest BCUT2D eigenvalue weighted by atomic mass is 9.99. The van der Waals surface area contributed by atoms with Crippen LogP contribution in [0.4, 0.5) is 8.78 Å². The summed E-state index contributed by atoms with van der Waals surface area (Å²) in [6.45, 7) is 7.37. The minimum absolute atomic E-state index is 0.0829. The molecule has 3 aromatic rings. The standard InChI is InChI=1S/C38H46F2N4O4/c1-5-9-17-44(42-36(46)23-28-13-11-10-12-14-28)26-35(45)34(22-29-20-32(39)25-33(40)21-29)41-37(47)30-18-27(8-4)19-31(24-30)38(48)43(15-6-2)16-7-3/h4,10-14,18-21,24-25,34-35,45H,5-7,9,15-17,22-23,26H2,1-3H3,(H,41,47)(H,42,46). The highest BCUT2D eigenvalue weighted by Gasteiger charge is 2.27. The number of carbonyl (C=O) groups is 3. The van der Waals surface area contributed by atoms with Gasteiger partial charge in [-0.05, 0) is 67.1 Å². The maximum absolute atomic E-state index is 14.2. The Labute approximate surface area is 282 Å². The van der Waals surface area contributed by atoms with Crippen molar-refractivity contribution >= 4 is 17.7 Å². The second-order valence-corrected chi connectivity index (χ2v) is 11.9. The fraction of sp³-hybridized carbons (Fsp3) is 0.395. The number of unbranched alkanes of at least 4 members (excludes halogenated alkanes) is 1. The van der Waals surface area contributed by atoms with Gasteiger partial charge in [0.05, 0.1) is 18.6 Å². The monoisotopic (exact) mass is 660 g/mol. The molecule has 0 aromatic heterocycles. The first-order chi connectivity index (χ1) is 23.1. The predicted molar refractivity (Wildman–Crippen MR) is 183 cm³/mol. The van der Waals surface area contributed by atoms with Crippen LogP contribution in [0.1, 0.15) is 83.9 Å². The van der Waals surface area contributed by atoms with Crippen LogP contribution in [0.15, 0.2) is 66.7 Å². The highest BCUT2D eigenvalue weighted by molar-refractivity contribution is 6.00. The van der Waals surface area contributed by atoms with Crippen LogP contribution in [0, 0.1) is 24.0 Å². The van der Waals surface area contributed by atoms with Gasteiger partial charge in [-0.3, -0.25) is 19.8 Å². The summed E-state index contributed by atoms with van der Waals surface area (Å²) in [5, 5.41) is 15.9. The molecule has 0 saturated carbocycles. The van der Waals surface area contributed by atoms with Crippen molar-refractivity contribution in [2.24, 2.45) is 0 Å². The van der Waals surface area contributed by atoms with Gasteiger partial charge in [0.2, 0.25) is 5.91 Å². The van der Waals surface area contributed by atoms with E-state index in [0.29, 0.717) is 31.6 Å². The molecule has 3 rings (SSSR count). The van der Waals surface area contributed by atoms with Gasteiger partial charge < -0.3 is 15.3 Å². The fourth-order valence-corrected chi connectivity index (χ4v) is 5.41. The van der Waals surface area contributed by atoms with Crippen LogP contribution in [-0.2, 0) is 17.6 Å². The number of carbonyl (C=O) groups excluding carboxylic acids is 3. The molecule has 3 amide bonds. The van der Waals surface area contributed by atoms with E-state index in [1.807, 2.05) is 51.1 Å². The Morgan fingerprint density at radius 1 is 0.854 bits per heavy atom. The Kier molecular flexibility index (Phi) is 15.2. The number of aliphatic hydroxyl groups is 1. The van der Waals surface area contributed by atoms with Gasteiger partial charge in [-0.1, -0.05) is 63.4 Å². The fourth-order valence-electron chi connectivity index (χ4n) is 5.41. The molecule has 0 spiro atoms. The molecule has 48 heavy (non-hydrogen) atoms. The number of halogens is 2. The van der Waals surface area contributed by atoms with Gasteiger partial charge in [-0.25, -0.2) is 13.8 Å². The number of hydrogen-bond donors (Lipinski definition) is 3. The summed E-state index contributed by atoms with van der Waals surface area (Å²) < 4.78 is 28.3.